The summed E-state index contributed by atoms with van der Waals surface area (Å²) in [4.78, 5) is 12.7. The maximum Gasteiger partial charge on any atom is 0.264 e. The second-order valence-electron chi connectivity index (χ2n) is 6.67. The number of carbonyl (C=O) groups excluding carboxylic acids is 1. The van der Waals surface area contributed by atoms with Crippen molar-refractivity contribution >= 4 is 66.5 Å². The Kier molecular flexibility index (Phi) is 7.95. The van der Waals surface area contributed by atoms with Gasteiger partial charge in [0.15, 0.2) is 0 Å². The Labute approximate surface area is 205 Å². The molecule has 0 aliphatic heterocycles. The van der Waals surface area contributed by atoms with Gasteiger partial charge in [-0.2, -0.15) is 5.10 Å². The molecule has 1 N–H and O–H groups in total. The number of hydrogen-bond acceptors (Lipinski definition) is 4. The smallest absolute Gasteiger partial charge is 0.264 e. The fourth-order valence-corrected chi connectivity index (χ4v) is 4.89. The highest BCUT2D eigenvalue weighted by Gasteiger charge is 2.27. The van der Waals surface area contributed by atoms with E-state index in [1.54, 1.807) is 25.1 Å². The molecule has 6 nitrogen and oxygen atoms in total. The third kappa shape index (κ3) is 5.89. The Morgan fingerprint density at radius 1 is 1.00 bits per heavy atom. The van der Waals surface area contributed by atoms with Crippen LogP contribution in [0.5, 0.6) is 0 Å². The summed E-state index contributed by atoms with van der Waals surface area (Å²) in [5.74, 6) is -0.620. The van der Waals surface area contributed by atoms with E-state index in [1.807, 2.05) is 24.3 Å². The van der Waals surface area contributed by atoms with Gasteiger partial charge in [0.25, 0.3) is 15.9 Å². The van der Waals surface area contributed by atoms with Gasteiger partial charge in [-0.15, -0.1) is 0 Å². The van der Waals surface area contributed by atoms with Crippen LogP contribution < -0.4 is 9.73 Å². The summed E-state index contributed by atoms with van der Waals surface area (Å²) in [6.07, 6.45) is 0. The molecule has 0 saturated carbocycles. The SMILES string of the molecule is C/C(=N/NC(=O)CN(c1ccc(Cl)c(Cl)c1)S(=O)(=O)c1ccccc1)c1cccc(Br)c1. The summed E-state index contributed by atoms with van der Waals surface area (Å²) in [5.41, 5.74) is 3.98. The minimum atomic E-state index is -4.06. The van der Waals surface area contributed by atoms with Crippen LogP contribution in [0.2, 0.25) is 10.0 Å². The first-order valence-corrected chi connectivity index (χ1v) is 12.3. The van der Waals surface area contributed by atoms with E-state index in [4.69, 9.17) is 23.2 Å². The predicted octanol–water partition coefficient (Wildman–Crippen LogP) is 5.49. The van der Waals surface area contributed by atoms with Crippen molar-refractivity contribution in [2.45, 2.75) is 11.8 Å². The van der Waals surface area contributed by atoms with Gasteiger partial charge in [0.05, 0.1) is 26.3 Å². The van der Waals surface area contributed by atoms with Crippen molar-refractivity contribution < 1.29 is 13.2 Å². The second kappa shape index (κ2) is 10.5. The van der Waals surface area contributed by atoms with Crippen molar-refractivity contribution in [2.24, 2.45) is 5.10 Å². The molecule has 0 bridgehead atoms. The normalized spacial score (nSPS) is 11.8. The lowest BCUT2D eigenvalue weighted by molar-refractivity contribution is -0.119. The van der Waals surface area contributed by atoms with Crippen LogP contribution in [0.1, 0.15) is 12.5 Å². The Morgan fingerprint density at radius 3 is 2.38 bits per heavy atom. The van der Waals surface area contributed by atoms with Gasteiger partial charge in [0.1, 0.15) is 6.54 Å². The fraction of sp³-hybridized carbons (Fsp3) is 0.0909. The van der Waals surface area contributed by atoms with Gasteiger partial charge >= 0.3 is 0 Å². The van der Waals surface area contributed by atoms with Gasteiger partial charge in [-0.25, -0.2) is 13.8 Å². The van der Waals surface area contributed by atoms with Crippen molar-refractivity contribution in [1.82, 2.24) is 5.43 Å². The molecule has 0 atom stereocenters. The Morgan fingerprint density at radius 2 is 1.72 bits per heavy atom. The highest BCUT2D eigenvalue weighted by atomic mass is 79.9. The van der Waals surface area contributed by atoms with Crippen LogP contribution in [-0.2, 0) is 14.8 Å². The highest BCUT2D eigenvalue weighted by molar-refractivity contribution is 9.10. The number of hydrazone groups is 1. The topological polar surface area (TPSA) is 78.8 Å². The zero-order chi connectivity index (χ0) is 23.3. The monoisotopic (exact) mass is 553 g/mol. The van der Waals surface area contributed by atoms with Crippen LogP contribution in [0, 0.1) is 0 Å². The molecule has 32 heavy (non-hydrogen) atoms. The maximum atomic E-state index is 13.3. The first kappa shape index (κ1) is 24.3. The predicted molar refractivity (Wildman–Crippen MR) is 132 cm³/mol. The summed E-state index contributed by atoms with van der Waals surface area (Å²) in [6, 6.07) is 19.6. The van der Waals surface area contributed by atoms with E-state index < -0.39 is 22.5 Å². The average Bonchev–Trinajstić information content (AvgIpc) is 2.78. The number of nitrogens with zero attached hydrogens (tertiary/aromatic N) is 2. The molecular weight excluding hydrogens is 537 g/mol. The van der Waals surface area contributed by atoms with Gasteiger partial charge < -0.3 is 0 Å². The lowest BCUT2D eigenvalue weighted by Gasteiger charge is -2.24. The second-order valence-corrected chi connectivity index (χ2v) is 10.3. The van der Waals surface area contributed by atoms with Gasteiger partial charge in [0, 0.05) is 4.47 Å². The first-order chi connectivity index (χ1) is 15.2. The third-order valence-electron chi connectivity index (χ3n) is 4.40. The summed E-state index contributed by atoms with van der Waals surface area (Å²) in [6.45, 7) is 1.23. The third-order valence-corrected chi connectivity index (χ3v) is 7.42. The van der Waals surface area contributed by atoms with Crippen LogP contribution in [0.3, 0.4) is 0 Å². The van der Waals surface area contributed by atoms with E-state index in [1.165, 1.54) is 30.3 Å². The molecule has 3 rings (SSSR count). The number of amides is 1. The van der Waals surface area contributed by atoms with E-state index in [2.05, 4.69) is 26.5 Å². The highest BCUT2D eigenvalue weighted by Crippen LogP contribution is 2.30. The van der Waals surface area contributed by atoms with Gasteiger partial charge in [-0.1, -0.05) is 69.5 Å². The van der Waals surface area contributed by atoms with E-state index in [0.29, 0.717) is 5.71 Å². The zero-order valence-electron chi connectivity index (χ0n) is 16.8. The molecule has 166 valence electrons. The minimum Gasteiger partial charge on any atom is -0.271 e. The Bertz CT molecular complexity index is 1270. The van der Waals surface area contributed by atoms with Crippen molar-refractivity contribution in [3.05, 3.63) is 92.9 Å². The molecule has 0 unspecified atom stereocenters. The maximum absolute atomic E-state index is 13.3. The van der Waals surface area contributed by atoms with Crippen LogP contribution in [0.4, 0.5) is 5.69 Å². The van der Waals surface area contributed by atoms with Crippen molar-refractivity contribution in [2.75, 3.05) is 10.8 Å². The first-order valence-electron chi connectivity index (χ1n) is 9.30. The number of carbonyl (C=O) groups is 1. The number of hydrogen-bond donors (Lipinski definition) is 1. The van der Waals surface area contributed by atoms with Crippen LogP contribution in [-0.4, -0.2) is 26.6 Å². The van der Waals surface area contributed by atoms with Crippen molar-refractivity contribution in [3.8, 4) is 0 Å². The molecule has 0 heterocycles. The molecule has 0 aliphatic rings. The quantitative estimate of drug-likeness (QED) is 0.310. The number of halogens is 3. The summed E-state index contributed by atoms with van der Waals surface area (Å²) >= 11 is 15.5. The van der Waals surface area contributed by atoms with Crippen LogP contribution >= 0.6 is 39.1 Å². The zero-order valence-corrected chi connectivity index (χ0v) is 20.7. The van der Waals surface area contributed by atoms with E-state index in [-0.39, 0.29) is 20.6 Å². The molecule has 0 spiro atoms. The van der Waals surface area contributed by atoms with E-state index in [9.17, 15) is 13.2 Å². The lowest BCUT2D eigenvalue weighted by Crippen LogP contribution is -2.39. The molecule has 3 aromatic carbocycles. The molecule has 0 fully saturated rings. The molecule has 0 aliphatic carbocycles. The molecule has 10 heteroatoms. The largest absolute Gasteiger partial charge is 0.271 e. The van der Waals surface area contributed by atoms with Gasteiger partial charge in [-0.3, -0.25) is 9.10 Å². The number of anilines is 1. The van der Waals surface area contributed by atoms with E-state index >= 15 is 0 Å². The van der Waals surface area contributed by atoms with Crippen molar-refractivity contribution in [3.63, 3.8) is 0 Å². The molecule has 0 aromatic heterocycles. The van der Waals surface area contributed by atoms with Crippen LogP contribution in [0.15, 0.2) is 87.3 Å². The summed E-state index contributed by atoms with van der Waals surface area (Å²) in [7, 11) is -4.06. The minimum absolute atomic E-state index is 0.0349. The Hall–Kier alpha value is -2.39. The number of sulfonamides is 1. The fourth-order valence-electron chi connectivity index (χ4n) is 2.76. The number of benzene rings is 3. The molecule has 0 radical (unpaired) electrons. The van der Waals surface area contributed by atoms with Gasteiger partial charge in [0.2, 0.25) is 0 Å². The average molecular weight is 555 g/mol. The summed E-state index contributed by atoms with van der Waals surface area (Å²) < 4.78 is 28.4. The number of nitrogens with one attached hydrogen (secondary N) is 1. The standard InChI is InChI=1S/C22H18BrCl2N3O3S/c1-15(16-6-5-7-17(23)12-16)26-27-22(29)14-28(18-10-11-20(24)21(25)13-18)32(30,31)19-8-3-2-4-9-19/h2-13H,14H2,1H3,(H,27,29)/b26-15-. The molecular formula is C22H18BrCl2N3O3S. The Balaban J connectivity index is 1.89. The van der Waals surface area contributed by atoms with Crippen molar-refractivity contribution in [1.29, 1.82) is 0 Å². The molecule has 0 saturated heterocycles. The van der Waals surface area contributed by atoms with Crippen LogP contribution in [0.25, 0.3) is 0 Å². The lowest BCUT2D eigenvalue weighted by atomic mass is 10.1. The summed E-state index contributed by atoms with van der Waals surface area (Å²) in [5, 5.41) is 4.53. The van der Waals surface area contributed by atoms with Gasteiger partial charge in [-0.05, 0) is 55.0 Å². The number of rotatable bonds is 7. The molecule has 1 amide bonds. The van der Waals surface area contributed by atoms with E-state index in [0.717, 1.165) is 14.3 Å². The molecule has 3 aromatic rings.